The fourth-order valence-electron chi connectivity index (χ4n) is 2.77. The van der Waals surface area contributed by atoms with Crippen LogP contribution in [-0.4, -0.2) is 40.7 Å². The van der Waals surface area contributed by atoms with E-state index in [2.05, 4.69) is 20.2 Å². The highest BCUT2D eigenvalue weighted by atomic mass is 35.5. The lowest BCUT2D eigenvalue weighted by atomic mass is 9.98. The van der Waals surface area contributed by atoms with Crippen LogP contribution in [0.2, 0.25) is 5.02 Å². The Morgan fingerprint density at radius 2 is 2.08 bits per heavy atom. The summed E-state index contributed by atoms with van der Waals surface area (Å²) in [6.07, 6.45) is 4.99. The Morgan fingerprint density at radius 3 is 2.75 bits per heavy atom. The number of piperidine rings is 1. The number of amides is 1. The fraction of sp³-hybridized carbons (Fsp3) is 0.353. The number of aliphatic hydroxyl groups excluding tert-OH is 1. The van der Waals surface area contributed by atoms with Gasteiger partial charge in [-0.1, -0.05) is 11.6 Å². The summed E-state index contributed by atoms with van der Waals surface area (Å²) in [5.74, 6) is 0.795. The van der Waals surface area contributed by atoms with Crippen molar-refractivity contribution in [1.82, 2.24) is 9.97 Å². The third kappa shape index (κ3) is 3.83. The number of hydrogen-bond donors (Lipinski definition) is 2. The van der Waals surface area contributed by atoms with Gasteiger partial charge < -0.3 is 15.3 Å². The zero-order chi connectivity index (χ0) is 16.9. The molecule has 3 heterocycles. The first kappa shape index (κ1) is 16.7. The molecule has 0 aliphatic carbocycles. The highest BCUT2D eigenvalue weighted by Crippen LogP contribution is 2.27. The van der Waals surface area contributed by atoms with Gasteiger partial charge in [0.05, 0.1) is 10.7 Å². The number of nitrogens with zero attached hydrogens (tertiary/aromatic N) is 3. The van der Waals surface area contributed by atoms with Gasteiger partial charge in [-0.25, -0.2) is 9.97 Å². The van der Waals surface area contributed by atoms with Gasteiger partial charge in [0.15, 0.2) is 5.82 Å². The zero-order valence-corrected chi connectivity index (χ0v) is 13.9. The van der Waals surface area contributed by atoms with Crippen LogP contribution in [-0.2, 0) is 0 Å². The van der Waals surface area contributed by atoms with Crippen LogP contribution in [0.4, 0.5) is 11.5 Å². The normalized spacial score (nSPS) is 15.3. The summed E-state index contributed by atoms with van der Waals surface area (Å²) in [6.45, 7) is 1.84. The van der Waals surface area contributed by atoms with Crippen LogP contribution in [0, 0.1) is 5.92 Å². The van der Waals surface area contributed by atoms with Crippen molar-refractivity contribution in [3.63, 3.8) is 0 Å². The van der Waals surface area contributed by atoms with Crippen molar-refractivity contribution in [1.29, 1.82) is 0 Å². The molecule has 6 nitrogen and oxygen atoms in total. The first-order valence-electron chi connectivity index (χ1n) is 7.91. The molecule has 126 valence electrons. The fourth-order valence-corrected chi connectivity index (χ4v) is 2.88. The summed E-state index contributed by atoms with van der Waals surface area (Å²) >= 11 is 5.80. The van der Waals surface area contributed by atoms with E-state index in [1.165, 1.54) is 6.20 Å². The smallest absolute Gasteiger partial charge is 0.274 e. The number of aromatic nitrogens is 2. The largest absolute Gasteiger partial charge is 0.396 e. The van der Waals surface area contributed by atoms with Crippen molar-refractivity contribution >= 4 is 29.0 Å². The number of rotatable bonds is 4. The number of hydrogen-bond acceptors (Lipinski definition) is 5. The van der Waals surface area contributed by atoms with E-state index in [9.17, 15) is 9.90 Å². The Labute approximate surface area is 145 Å². The monoisotopic (exact) mass is 346 g/mol. The number of halogens is 1. The summed E-state index contributed by atoms with van der Waals surface area (Å²) in [7, 11) is 0. The lowest BCUT2D eigenvalue weighted by molar-refractivity contribution is 0.102. The highest BCUT2D eigenvalue weighted by molar-refractivity contribution is 6.30. The minimum atomic E-state index is -0.300. The van der Waals surface area contributed by atoms with Gasteiger partial charge in [0.25, 0.3) is 5.91 Å². The van der Waals surface area contributed by atoms with Crippen molar-refractivity contribution in [3.05, 3.63) is 47.4 Å². The Hall–Kier alpha value is -2.18. The van der Waals surface area contributed by atoms with E-state index in [0.29, 0.717) is 22.3 Å². The van der Waals surface area contributed by atoms with Crippen molar-refractivity contribution in [3.8, 4) is 0 Å². The molecule has 0 atom stereocenters. The molecule has 2 aromatic heterocycles. The molecule has 1 aliphatic heterocycles. The molecular weight excluding hydrogens is 328 g/mol. The summed E-state index contributed by atoms with van der Waals surface area (Å²) in [4.78, 5) is 23.0. The Balaban J connectivity index is 1.74. The topological polar surface area (TPSA) is 78.4 Å². The molecule has 1 amide bonds. The van der Waals surface area contributed by atoms with Gasteiger partial charge in [-0.15, -0.1) is 0 Å². The SMILES string of the molecule is O=C(Nc1cccnc1N1CCC(CO)CC1)c1ccc(Cl)cn1. The van der Waals surface area contributed by atoms with Crippen molar-refractivity contribution in [2.45, 2.75) is 12.8 Å². The van der Waals surface area contributed by atoms with Gasteiger partial charge in [0, 0.05) is 32.1 Å². The molecule has 3 rings (SSSR count). The second-order valence-corrected chi connectivity index (χ2v) is 6.24. The molecular formula is C17H19ClN4O2. The van der Waals surface area contributed by atoms with Crippen molar-refractivity contribution in [2.75, 3.05) is 29.9 Å². The molecule has 1 aliphatic rings. The Morgan fingerprint density at radius 1 is 1.29 bits per heavy atom. The van der Waals surface area contributed by atoms with E-state index in [4.69, 9.17) is 11.6 Å². The predicted molar refractivity (Wildman–Crippen MR) is 93.5 cm³/mol. The first-order valence-corrected chi connectivity index (χ1v) is 8.29. The molecule has 2 N–H and O–H groups in total. The van der Waals surface area contributed by atoms with Crippen LogP contribution >= 0.6 is 11.6 Å². The quantitative estimate of drug-likeness (QED) is 0.889. The van der Waals surface area contributed by atoms with Gasteiger partial charge in [-0.2, -0.15) is 0 Å². The molecule has 1 saturated heterocycles. The van der Waals surface area contributed by atoms with E-state index in [0.717, 1.165) is 31.7 Å². The molecule has 0 unspecified atom stereocenters. The minimum Gasteiger partial charge on any atom is -0.396 e. The molecule has 2 aromatic rings. The first-order chi connectivity index (χ1) is 11.7. The molecule has 0 bridgehead atoms. The average molecular weight is 347 g/mol. The van der Waals surface area contributed by atoms with E-state index >= 15 is 0 Å². The highest BCUT2D eigenvalue weighted by Gasteiger charge is 2.22. The van der Waals surface area contributed by atoms with Gasteiger partial charge in [-0.05, 0) is 43.0 Å². The lowest BCUT2D eigenvalue weighted by Gasteiger charge is -2.33. The van der Waals surface area contributed by atoms with E-state index < -0.39 is 0 Å². The third-order valence-corrected chi connectivity index (χ3v) is 4.39. The maximum Gasteiger partial charge on any atom is 0.274 e. The number of pyridine rings is 2. The molecule has 24 heavy (non-hydrogen) atoms. The number of aliphatic hydroxyl groups is 1. The summed E-state index contributed by atoms with van der Waals surface area (Å²) in [5, 5.41) is 12.6. The molecule has 7 heteroatoms. The summed E-state index contributed by atoms with van der Waals surface area (Å²) < 4.78 is 0. The van der Waals surface area contributed by atoms with Crippen LogP contribution in [0.15, 0.2) is 36.7 Å². The Bertz CT molecular complexity index is 700. The summed E-state index contributed by atoms with van der Waals surface area (Å²) in [6, 6.07) is 6.83. The average Bonchev–Trinajstić information content (AvgIpc) is 2.63. The summed E-state index contributed by atoms with van der Waals surface area (Å²) in [5.41, 5.74) is 0.954. The maximum atomic E-state index is 12.4. The van der Waals surface area contributed by atoms with Gasteiger partial charge in [-0.3, -0.25) is 4.79 Å². The second-order valence-electron chi connectivity index (χ2n) is 5.80. The van der Waals surface area contributed by atoms with Crippen LogP contribution in [0.5, 0.6) is 0 Å². The van der Waals surface area contributed by atoms with E-state index in [-0.39, 0.29) is 12.5 Å². The second kappa shape index (κ2) is 7.59. The van der Waals surface area contributed by atoms with Crippen LogP contribution in [0.1, 0.15) is 23.3 Å². The van der Waals surface area contributed by atoms with E-state index in [1.807, 2.05) is 6.07 Å². The van der Waals surface area contributed by atoms with Gasteiger partial charge >= 0.3 is 0 Å². The molecule has 1 fully saturated rings. The maximum absolute atomic E-state index is 12.4. The molecule has 0 radical (unpaired) electrons. The standard InChI is InChI=1S/C17H19ClN4O2/c18-13-3-4-15(20-10-13)17(24)21-14-2-1-7-19-16(14)22-8-5-12(11-23)6-9-22/h1-4,7,10,12,23H,5-6,8-9,11H2,(H,21,24). The number of carbonyl (C=O) groups excluding carboxylic acids is 1. The number of anilines is 2. The lowest BCUT2D eigenvalue weighted by Crippen LogP contribution is -2.36. The predicted octanol–water partition coefficient (Wildman–Crippen LogP) is 2.59. The molecule has 0 spiro atoms. The van der Waals surface area contributed by atoms with Gasteiger partial charge in [0.1, 0.15) is 5.69 Å². The zero-order valence-electron chi connectivity index (χ0n) is 13.2. The third-order valence-electron chi connectivity index (χ3n) is 4.17. The van der Waals surface area contributed by atoms with E-state index in [1.54, 1.807) is 24.4 Å². The molecule has 0 aromatic carbocycles. The van der Waals surface area contributed by atoms with Gasteiger partial charge in [0.2, 0.25) is 0 Å². The minimum absolute atomic E-state index is 0.224. The number of nitrogens with one attached hydrogen (secondary N) is 1. The van der Waals surface area contributed by atoms with Crippen LogP contribution in [0.3, 0.4) is 0 Å². The van der Waals surface area contributed by atoms with Crippen molar-refractivity contribution < 1.29 is 9.90 Å². The number of carbonyl (C=O) groups is 1. The van der Waals surface area contributed by atoms with Crippen LogP contribution in [0.25, 0.3) is 0 Å². The Kier molecular flexibility index (Phi) is 5.27. The molecule has 0 saturated carbocycles. The van der Waals surface area contributed by atoms with Crippen LogP contribution < -0.4 is 10.2 Å². The van der Waals surface area contributed by atoms with Crippen molar-refractivity contribution in [2.24, 2.45) is 5.92 Å².